The van der Waals surface area contributed by atoms with Crippen molar-refractivity contribution in [3.63, 3.8) is 0 Å². The Morgan fingerprint density at radius 2 is 1.21 bits per heavy atom. The summed E-state index contributed by atoms with van der Waals surface area (Å²) in [6.45, 7) is 7.02. The summed E-state index contributed by atoms with van der Waals surface area (Å²) in [7, 11) is -2.83. The summed E-state index contributed by atoms with van der Waals surface area (Å²) in [5.74, 6) is 0. The van der Waals surface area contributed by atoms with Gasteiger partial charge in [-0.2, -0.15) is 0 Å². The van der Waals surface area contributed by atoms with Gasteiger partial charge in [-0.05, 0) is 0 Å². The fraction of sp³-hybridized carbons (Fsp3) is 0.484. The molecule has 0 spiro atoms. The van der Waals surface area contributed by atoms with Gasteiger partial charge in [-0.3, -0.25) is 0 Å². The van der Waals surface area contributed by atoms with E-state index in [0.29, 0.717) is 0 Å². The topological polar surface area (TPSA) is 17.1 Å². The molecule has 0 saturated heterocycles. The van der Waals surface area contributed by atoms with E-state index < -0.39 is 25.5 Å². The fourth-order valence-electron chi connectivity index (χ4n) is 6.54. The first-order valence-electron chi connectivity index (χ1n) is 13.8. The molecule has 1 unspecified atom stereocenters. The van der Waals surface area contributed by atoms with Crippen LogP contribution in [0.3, 0.4) is 0 Å². The Kier molecular flexibility index (Phi) is 9.02. The molecule has 0 amide bonds. The standard InChI is InChI=1S/C19H16OP.3C4H9.Sn/c20-21(17-11-5-2-6-12-17)14-16-10-7-13-18(16)19(21)15-8-3-1-4-9-15;3*1-3-4-2;/h1-6,8-9,11-12H,7,10,13H2;3*1,3-4H2,2H3;. The molecule has 0 N–H and O–H groups in total. The van der Waals surface area contributed by atoms with Gasteiger partial charge in [-0.15, -0.1) is 0 Å². The molecule has 0 bridgehead atoms. The van der Waals surface area contributed by atoms with Gasteiger partial charge in [-0.1, -0.05) is 0 Å². The second-order valence-corrected chi connectivity index (χ2v) is 27.3. The van der Waals surface area contributed by atoms with E-state index in [1.165, 1.54) is 74.7 Å². The maximum absolute atomic E-state index is 16.0. The molecule has 1 atom stereocenters. The molecular formula is C31H43OPSn. The molecule has 1 nitrogen and oxygen atoms in total. The summed E-state index contributed by atoms with van der Waals surface area (Å²) in [6, 6.07) is 21.5. The van der Waals surface area contributed by atoms with Crippen molar-refractivity contribution < 1.29 is 4.57 Å². The van der Waals surface area contributed by atoms with Crippen molar-refractivity contribution in [3.05, 3.63) is 80.7 Å². The molecule has 1 fully saturated rings. The SMILES string of the molecule is CCC[CH2][Sn]([CH2]CCC)([CH2]CCC)[C]1=C2CCCC2=C(c2ccccc2)P1(=O)c1ccccc1. The predicted molar refractivity (Wildman–Crippen MR) is 153 cm³/mol. The van der Waals surface area contributed by atoms with E-state index >= 15 is 4.57 Å². The third kappa shape index (κ3) is 4.81. The van der Waals surface area contributed by atoms with Gasteiger partial charge in [-0.25, -0.2) is 0 Å². The van der Waals surface area contributed by atoms with Crippen LogP contribution in [-0.2, 0) is 4.57 Å². The molecule has 0 radical (unpaired) electrons. The predicted octanol–water partition coefficient (Wildman–Crippen LogP) is 9.93. The molecule has 3 heteroatoms. The van der Waals surface area contributed by atoms with E-state index in [2.05, 4.69) is 81.4 Å². The van der Waals surface area contributed by atoms with Crippen LogP contribution in [0.5, 0.6) is 0 Å². The Morgan fingerprint density at radius 1 is 0.706 bits per heavy atom. The van der Waals surface area contributed by atoms with Gasteiger partial charge in [0.1, 0.15) is 0 Å². The van der Waals surface area contributed by atoms with Gasteiger partial charge < -0.3 is 0 Å². The van der Waals surface area contributed by atoms with Gasteiger partial charge in [0, 0.05) is 0 Å². The minimum absolute atomic E-state index is 1.10. The van der Waals surface area contributed by atoms with Crippen molar-refractivity contribution in [2.24, 2.45) is 0 Å². The zero-order valence-electron chi connectivity index (χ0n) is 21.6. The van der Waals surface area contributed by atoms with E-state index in [4.69, 9.17) is 0 Å². The molecule has 1 aliphatic carbocycles. The molecule has 34 heavy (non-hydrogen) atoms. The van der Waals surface area contributed by atoms with Crippen LogP contribution in [0.1, 0.15) is 84.1 Å². The molecule has 2 aromatic rings. The fourth-order valence-corrected chi connectivity index (χ4v) is 35.9. The Bertz CT molecular complexity index is 1050. The summed E-state index contributed by atoms with van der Waals surface area (Å²) in [6.07, 6.45) is 11.2. The van der Waals surface area contributed by atoms with Crippen molar-refractivity contribution in [2.75, 3.05) is 0 Å². The Morgan fingerprint density at radius 3 is 1.74 bits per heavy atom. The number of allylic oxidation sites excluding steroid dienone is 2. The summed E-state index contributed by atoms with van der Waals surface area (Å²) in [5, 5.41) is 2.33. The average Bonchev–Trinajstić information content (AvgIpc) is 3.43. The first kappa shape index (κ1) is 26.0. The van der Waals surface area contributed by atoms with E-state index in [1.54, 1.807) is 8.90 Å². The van der Waals surface area contributed by atoms with Crippen LogP contribution >= 0.6 is 7.14 Å². The first-order chi connectivity index (χ1) is 16.6. The molecule has 182 valence electrons. The van der Waals surface area contributed by atoms with E-state index in [0.717, 1.165) is 18.1 Å². The quantitative estimate of drug-likeness (QED) is 0.180. The number of unbranched alkanes of at least 4 members (excludes halogenated alkanes) is 3. The van der Waals surface area contributed by atoms with Crippen LogP contribution < -0.4 is 5.30 Å². The molecule has 2 aromatic carbocycles. The summed E-state index contributed by atoms with van der Waals surface area (Å²) in [4.78, 5) is 0. The second kappa shape index (κ2) is 11.8. The summed E-state index contributed by atoms with van der Waals surface area (Å²) >= 11 is -2.94. The van der Waals surface area contributed by atoms with Crippen molar-refractivity contribution in [1.82, 2.24) is 0 Å². The van der Waals surface area contributed by atoms with Crippen molar-refractivity contribution in [3.8, 4) is 0 Å². The number of benzene rings is 2. The van der Waals surface area contributed by atoms with Crippen LogP contribution in [0.4, 0.5) is 0 Å². The Hall–Kier alpha value is -1.05. The van der Waals surface area contributed by atoms with E-state index in [1.807, 2.05) is 0 Å². The Balaban J connectivity index is 2.00. The molecule has 2 aliphatic rings. The van der Waals surface area contributed by atoms with Crippen LogP contribution in [0.25, 0.3) is 5.31 Å². The molecule has 1 saturated carbocycles. The first-order valence-corrected chi connectivity index (χ1v) is 23.0. The summed E-state index contributed by atoms with van der Waals surface area (Å²) < 4.78 is 21.7. The van der Waals surface area contributed by atoms with Crippen LogP contribution in [0, 0.1) is 0 Å². The average molecular weight is 581 g/mol. The van der Waals surface area contributed by atoms with Gasteiger partial charge >= 0.3 is 213 Å². The zero-order valence-corrected chi connectivity index (χ0v) is 25.4. The number of fused-ring (bicyclic) bond motifs is 1. The van der Waals surface area contributed by atoms with Crippen molar-refractivity contribution in [1.29, 1.82) is 0 Å². The van der Waals surface area contributed by atoms with Crippen LogP contribution in [0.15, 0.2) is 75.1 Å². The number of hydrogen-bond donors (Lipinski definition) is 0. The van der Waals surface area contributed by atoms with Crippen LogP contribution in [0.2, 0.25) is 13.3 Å². The zero-order chi connectivity index (χ0) is 24.0. The molecule has 1 aliphatic heterocycles. The summed E-state index contributed by atoms with van der Waals surface area (Å²) in [5.41, 5.74) is 4.28. The Labute approximate surface area is 212 Å². The second-order valence-electron chi connectivity index (χ2n) is 10.4. The number of hydrogen-bond acceptors (Lipinski definition) is 1. The van der Waals surface area contributed by atoms with Gasteiger partial charge in [0.15, 0.2) is 0 Å². The molecule has 0 aromatic heterocycles. The van der Waals surface area contributed by atoms with Crippen molar-refractivity contribution in [2.45, 2.75) is 91.9 Å². The monoisotopic (exact) mass is 582 g/mol. The molecular weight excluding hydrogens is 538 g/mol. The number of rotatable bonds is 12. The third-order valence-electron chi connectivity index (χ3n) is 8.12. The van der Waals surface area contributed by atoms with Gasteiger partial charge in [0.2, 0.25) is 0 Å². The maximum atomic E-state index is 16.0. The van der Waals surface area contributed by atoms with E-state index in [9.17, 15) is 0 Å². The van der Waals surface area contributed by atoms with Crippen LogP contribution in [-0.4, -0.2) is 18.4 Å². The molecule has 4 rings (SSSR count). The molecule has 1 heterocycles. The minimum atomic E-state index is -2.94. The van der Waals surface area contributed by atoms with E-state index in [-0.39, 0.29) is 0 Å². The van der Waals surface area contributed by atoms with Gasteiger partial charge in [0.05, 0.1) is 0 Å². The third-order valence-corrected chi connectivity index (χ3v) is 32.0. The van der Waals surface area contributed by atoms with Crippen molar-refractivity contribution >= 4 is 36.1 Å². The van der Waals surface area contributed by atoms with Gasteiger partial charge in [0.25, 0.3) is 0 Å². The normalized spacial score (nSPS) is 20.3.